The summed E-state index contributed by atoms with van der Waals surface area (Å²) in [7, 11) is 0. The zero-order valence-corrected chi connectivity index (χ0v) is 15.1. The van der Waals surface area contributed by atoms with Gasteiger partial charge in [-0.2, -0.15) is 4.52 Å². The Kier molecular flexibility index (Phi) is 4.46. The first-order valence-electron chi connectivity index (χ1n) is 8.60. The fourth-order valence-corrected chi connectivity index (χ4v) is 3.45. The summed E-state index contributed by atoms with van der Waals surface area (Å²) < 4.78 is 1.74. The molecule has 0 spiro atoms. The van der Waals surface area contributed by atoms with Crippen LogP contribution in [0.25, 0.3) is 5.65 Å². The summed E-state index contributed by atoms with van der Waals surface area (Å²) >= 11 is 5.98. The highest BCUT2D eigenvalue weighted by Gasteiger charge is 2.23. The van der Waals surface area contributed by atoms with E-state index < -0.39 is 0 Å². The average molecular weight is 371 g/mol. The Morgan fingerprint density at radius 3 is 3.00 bits per heavy atom. The summed E-state index contributed by atoms with van der Waals surface area (Å²) in [5.41, 5.74) is 1.31. The number of aryl methyl sites for hydroxylation is 1. The maximum Gasteiger partial charge on any atom is 0.251 e. The van der Waals surface area contributed by atoms with Crippen LogP contribution in [0.3, 0.4) is 0 Å². The molecule has 1 N–H and O–H groups in total. The van der Waals surface area contributed by atoms with Crippen LogP contribution in [0.1, 0.15) is 29.0 Å². The number of rotatable bonds is 3. The van der Waals surface area contributed by atoms with E-state index in [1.54, 1.807) is 28.8 Å². The number of hydrogen-bond acceptors (Lipinski definition) is 5. The topological polar surface area (TPSA) is 75.4 Å². The smallest absolute Gasteiger partial charge is 0.251 e. The Balaban J connectivity index is 1.48. The fourth-order valence-electron chi connectivity index (χ4n) is 3.26. The van der Waals surface area contributed by atoms with E-state index in [1.165, 1.54) is 0 Å². The van der Waals surface area contributed by atoms with Gasteiger partial charge in [-0.25, -0.2) is 0 Å². The number of fused-ring (bicyclic) bond motifs is 1. The van der Waals surface area contributed by atoms with Crippen molar-refractivity contribution in [2.75, 3.05) is 18.0 Å². The molecule has 1 aliphatic rings. The fraction of sp³-hybridized carbons (Fsp3) is 0.333. The van der Waals surface area contributed by atoms with Gasteiger partial charge in [-0.3, -0.25) is 4.79 Å². The lowest BCUT2D eigenvalue weighted by Crippen LogP contribution is -2.48. The summed E-state index contributed by atoms with van der Waals surface area (Å²) in [6.45, 7) is 3.50. The zero-order valence-electron chi connectivity index (χ0n) is 14.4. The lowest BCUT2D eigenvalue weighted by atomic mass is 10.0. The average Bonchev–Trinajstić information content (AvgIpc) is 3.02. The van der Waals surface area contributed by atoms with Gasteiger partial charge in [0.2, 0.25) is 0 Å². The summed E-state index contributed by atoms with van der Waals surface area (Å²) in [6.07, 6.45) is 1.93. The number of carbonyl (C=O) groups excluding carboxylic acids is 1. The largest absolute Gasteiger partial charge is 0.353 e. The zero-order chi connectivity index (χ0) is 18.1. The molecule has 2 aromatic heterocycles. The molecule has 7 nitrogen and oxygen atoms in total. The molecule has 1 amide bonds. The molecular weight excluding hydrogens is 352 g/mol. The monoisotopic (exact) mass is 370 g/mol. The van der Waals surface area contributed by atoms with E-state index in [1.807, 2.05) is 19.1 Å². The van der Waals surface area contributed by atoms with Crippen LogP contribution in [0, 0.1) is 6.92 Å². The quantitative estimate of drug-likeness (QED) is 0.766. The van der Waals surface area contributed by atoms with Gasteiger partial charge in [0.1, 0.15) is 5.82 Å². The van der Waals surface area contributed by atoms with Crippen LogP contribution in [0.5, 0.6) is 0 Å². The van der Waals surface area contributed by atoms with Gasteiger partial charge >= 0.3 is 0 Å². The van der Waals surface area contributed by atoms with Crippen molar-refractivity contribution in [2.24, 2.45) is 0 Å². The minimum absolute atomic E-state index is 0.0646. The number of carbonyl (C=O) groups is 1. The maximum absolute atomic E-state index is 12.5. The first-order chi connectivity index (χ1) is 12.6. The number of halogens is 1. The molecule has 1 fully saturated rings. The summed E-state index contributed by atoms with van der Waals surface area (Å²) in [5, 5.41) is 16.4. The Labute approximate surface area is 156 Å². The number of anilines is 1. The van der Waals surface area contributed by atoms with Gasteiger partial charge in [0.05, 0.1) is 0 Å². The Hall–Kier alpha value is -2.67. The predicted octanol–water partition coefficient (Wildman–Crippen LogP) is 2.48. The van der Waals surface area contributed by atoms with E-state index in [0.29, 0.717) is 17.1 Å². The number of aromatic nitrogens is 4. The second-order valence-electron chi connectivity index (χ2n) is 6.48. The van der Waals surface area contributed by atoms with Crippen molar-refractivity contribution < 1.29 is 4.79 Å². The molecule has 0 bridgehead atoms. The molecule has 1 unspecified atom stereocenters. The molecule has 1 aliphatic heterocycles. The van der Waals surface area contributed by atoms with E-state index in [0.717, 1.165) is 36.7 Å². The van der Waals surface area contributed by atoms with Gasteiger partial charge in [0.15, 0.2) is 11.5 Å². The van der Waals surface area contributed by atoms with Gasteiger partial charge in [0.25, 0.3) is 5.91 Å². The third-order valence-corrected chi connectivity index (χ3v) is 4.81. The maximum atomic E-state index is 12.5. The predicted molar refractivity (Wildman–Crippen MR) is 99.7 cm³/mol. The van der Waals surface area contributed by atoms with Crippen LogP contribution < -0.4 is 10.2 Å². The van der Waals surface area contributed by atoms with Gasteiger partial charge in [-0.05, 0) is 50.1 Å². The lowest BCUT2D eigenvalue weighted by molar-refractivity contribution is 0.0933. The summed E-state index contributed by atoms with van der Waals surface area (Å²) in [6, 6.07) is 10.9. The van der Waals surface area contributed by atoms with Gasteiger partial charge < -0.3 is 10.2 Å². The van der Waals surface area contributed by atoms with Crippen LogP contribution >= 0.6 is 11.6 Å². The van der Waals surface area contributed by atoms with Crippen LogP contribution in [-0.2, 0) is 0 Å². The first-order valence-corrected chi connectivity index (χ1v) is 8.98. The molecule has 1 aromatic carbocycles. The molecule has 4 rings (SSSR count). The SMILES string of the molecule is Cc1nnc2ccc(N3CCCC(NC(=O)c4cccc(Cl)c4)C3)nn12. The molecule has 134 valence electrons. The molecule has 3 heterocycles. The standard InChI is InChI=1S/C18H19ClN6O/c1-12-21-22-16-7-8-17(23-25(12)16)24-9-3-6-15(11-24)20-18(26)13-4-2-5-14(19)10-13/h2,4-5,7-8,10,15H,3,6,9,11H2,1H3,(H,20,26). The van der Waals surface area contributed by atoms with Crippen LogP contribution in [-0.4, -0.2) is 44.8 Å². The van der Waals surface area contributed by atoms with Crippen molar-refractivity contribution in [2.45, 2.75) is 25.8 Å². The van der Waals surface area contributed by atoms with Crippen molar-refractivity contribution in [3.8, 4) is 0 Å². The van der Waals surface area contributed by atoms with E-state index in [-0.39, 0.29) is 11.9 Å². The van der Waals surface area contributed by atoms with Gasteiger partial charge in [-0.1, -0.05) is 17.7 Å². The van der Waals surface area contributed by atoms with Crippen molar-refractivity contribution in [1.82, 2.24) is 25.1 Å². The highest BCUT2D eigenvalue weighted by atomic mass is 35.5. The van der Waals surface area contributed by atoms with Crippen molar-refractivity contribution in [3.63, 3.8) is 0 Å². The van der Waals surface area contributed by atoms with Crippen molar-refractivity contribution in [1.29, 1.82) is 0 Å². The summed E-state index contributed by atoms with van der Waals surface area (Å²) in [4.78, 5) is 14.7. The van der Waals surface area contributed by atoms with Gasteiger partial charge in [-0.15, -0.1) is 15.3 Å². The number of nitrogens with one attached hydrogen (secondary N) is 1. The second kappa shape index (κ2) is 6.92. The molecule has 3 aromatic rings. The third-order valence-electron chi connectivity index (χ3n) is 4.57. The second-order valence-corrected chi connectivity index (χ2v) is 6.91. The molecule has 1 saturated heterocycles. The molecule has 0 radical (unpaired) electrons. The first kappa shape index (κ1) is 16.8. The van der Waals surface area contributed by atoms with Crippen molar-refractivity contribution in [3.05, 3.63) is 52.8 Å². The highest BCUT2D eigenvalue weighted by Crippen LogP contribution is 2.19. The van der Waals surface area contributed by atoms with Crippen LogP contribution in [0.15, 0.2) is 36.4 Å². The number of benzene rings is 1. The van der Waals surface area contributed by atoms with Crippen molar-refractivity contribution >= 4 is 29.0 Å². The van der Waals surface area contributed by atoms with Crippen LogP contribution in [0.2, 0.25) is 5.02 Å². The Morgan fingerprint density at radius 2 is 2.15 bits per heavy atom. The van der Waals surface area contributed by atoms with E-state index >= 15 is 0 Å². The number of hydrogen-bond donors (Lipinski definition) is 1. The molecule has 0 saturated carbocycles. The van der Waals surface area contributed by atoms with E-state index in [4.69, 9.17) is 11.6 Å². The molecule has 26 heavy (non-hydrogen) atoms. The minimum atomic E-state index is -0.0996. The van der Waals surface area contributed by atoms with Crippen LogP contribution in [0.4, 0.5) is 5.82 Å². The summed E-state index contributed by atoms with van der Waals surface area (Å²) in [5.74, 6) is 1.52. The Bertz CT molecular complexity index is 956. The van der Waals surface area contributed by atoms with E-state index in [2.05, 4.69) is 25.5 Å². The number of amides is 1. The molecule has 1 atom stereocenters. The molecule has 8 heteroatoms. The number of nitrogens with zero attached hydrogens (tertiary/aromatic N) is 5. The highest BCUT2D eigenvalue weighted by molar-refractivity contribution is 6.30. The third kappa shape index (κ3) is 3.35. The van der Waals surface area contributed by atoms with Gasteiger partial charge in [0, 0.05) is 29.7 Å². The lowest BCUT2D eigenvalue weighted by Gasteiger charge is -2.33. The molecular formula is C18H19ClN6O. The number of piperidine rings is 1. The normalized spacial score (nSPS) is 17.5. The van der Waals surface area contributed by atoms with E-state index in [9.17, 15) is 4.79 Å². The minimum Gasteiger partial charge on any atom is -0.353 e. The molecule has 0 aliphatic carbocycles. The Morgan fingerprint density at radius 1 is 1.27 bits per heavy atom.